The summed E-state index contributed by atoms with van der Waals surface area (Å²) < 4.78 is 4.92. The lowest BCUT2D eigenvalue weighted by atomic mass is 10.2. The summed E-state index contributed by atoms with van der Waals surface area (Å²) in [6.07, 6.45) is 5.01. The summed E-state index contributed by atoms with van der Waals surface area (Å²) in [7, 11) is 1.56. The summed E-state index contributed by atoms with van der Waals surface area (Å²) in [5.74, 6) is 0.710. The van der Waals surface area contributed by atoms with Gasteiger partial charge < -0.3 is 4.74 Å². The lowest BCUT2D eigenvalue weighted by Crippen LogP contribution is -1.90. The smallest absolute Gasteiger partial charge is 0.155 e. The van der Waals surface area contributed by atoms with Gasteiger partial charge in [-0.25, -0.2) is 0 Å². The Hall–Kier alpha value is -1.31. The average Bonchev–Trinajstić information content (AvgIpc) is 2.05. The molecule has 0 saturated carbocycles. The number of methoxy groups -OCH3 is 1. The molecule has 0 aromatic rings. The number of rotatable bonds is 4. The molecule has 0 fully saturated rings. The van der Waals surface area contributed by atoms with Crippen molar-refractivity contribution in [2.24, 2.45) is 0 Å². The topological polar surface area (TPSA) is 26.3 Å². The second kappa shape index (κ2) is 5.35. The van der Waals surface area contributed by atoms with E-state index in [1.165, 1.54) is 6.92 Å². The van der Waals surface area contributed by atoms with Crippen molar-refractivity contribution in [3.63, 3.8) is 0 Å². The van der Waals surface area contributed by atoms with E-state index in [0.29, 0.717) is 11.3 Å². The monoisotopic (exact) mass is 166 g/mol. The Labute approximate surface area is 73.2 Å². The molecule has 0 spiro atoms. The van der Waals surface area contributed by atoms with Crippen LogP contribution in [-0.4, -0.2) is 12.9 Å². The van der Waals surface area contributed by atoms with Crippen LogP contribution in [-0.2, 0) is 9.53 Å². The SMILES string of the molecule is C=CC(=CC=C(C)C(C)=O)OC. The summed E-state index contributed by atoms with van der Waals surface area (Å²) in [5, 5.41) is 0. The number of ether oxygens (including phenoxy) is 1. The van der Waals surface area contributed by atoms with Crippen molar-refractivity contribution in [1.82, 2.24) is 0 Å². The van der Waals surface area contributed by atoms with E-state index in [-0.39, 0.29) is 5.78 Å². The van der Waals surface area contributed by atoms with E-state index < -0.39 is 0 Å². The van der Waals surface area contributed by atoms with Crippen LogP contribution in [0.3, 0.4) is 0 Å². The lowest BCUT2D eigenvalue weighted by Gasteiger charge is -1.96. The van der Waals surface area contributed by atoms with Crippen LogP contribution in [0.5, 0.6) is 0 Å². The van der Waals surface area contributed by atoms with Gasteiger partial charge in [-0.3, -0.25) is 4.79 Å². The molecule has 0 heterocycles. The predicted octanol–water partition coefficient (Wildman–Crippen LogP) is 2.24. The Balaban J connectivity index is 4.44. The maximum atomic E-state index is 10.8. The van der Waals surface area contributed by atoms with Crippen LogP contribution in [0.2, 0.25) is 0 Å². The Morgan fingerprint density at radius 1 is 1.33 bits per heavy atom. The van der Waals surface area contributed by atoms with Crippen LogP contribution >= 0.6 is 0 Å². The zero-order valence-electron chi connectivity index (χ0n) is 7.76. The number of hydrogen-bond donors (Lipinski definition) is 0. The molecular formula is C10H14O2. The number of hydrogen-bond acceptors (Lipinski definition) is 2. The first kappa shape index (κ1) is 10.7. The highest BCUT2D eigenvalue weighted by molar-refractivity contribution is 5.92. The quantitative estimate of drug-likeness (QED) is 0.363. The van der Waals surface area contributed by atoms with Crippen molar-refractivity contribution in [3.8, 4) is 0 Å². The van der Waals surface area contributed by atoms with E-state index in [1.54, 1.807) is 32.3 Å². The van der Waals surface area contributed by atoms with Gasteiger partial charge in [0.15, 0.2) is 5.78 Å². The normalized spacial score (nSPS) is 12.6. The van der Waals surface area contributed by atoms with Crippen molar-refractivity contribution in [2.75, 3.05) is 7.11 Å². The molecule has 0 unspecified atom stereocenters. The molecule has 12 heavy (non-hydrogen) atoms. The molecule has 2 heteroatoms. The molecular weight excluding hydrogens is 152 g/mol. The first-order chi connectivity index (χ1) is 5.61. The van der Waals surface area contributed by atoms with Crippen LogP contribution in [0, 0.1) is 0 Å². The predicted molar refractivity (Wildman–Crippen MR) is 49.7 cm³/mol. The summed E-state index contributed by atoms with van der Waals surface area (Å²) in [6, 6.07) is 0. The number of allylic oxidation sites excluding steroid dienone is 4. The third kappa shape index (κ3) is 3.76. The molecule has 0 aliphatic carbocycles. The highest BCUT2D eigenvalue weighted by Gasteiger charge is 1.93. The van der Waals surface area contributed by atoms with Gasteiger partial charge in [-0.1, -0.05) is 12.7 Å². The summed E-state index contributed by atoms with van der Waals surface area (Å²) >= 11 is 0. The highest BCUT2D eigenvalue weighted by atomic mass is 16.5. The minimum absolute atomic E-state index is 0.0609. The molecule has 0 aliphatic heterocycles. The Bertz CT molecular complexity index is 228. The van der Waals surface area contributed by atoms with E-state index >= 15 is 0 Å². The van der Waals surface area contributed by atoms with Gasteiger partial charge in [0.25, 0.3) is 0 Å². The minimum Gasteiger partial charge on any atom is -0.497 e. The van der Waals surface area contributed by atoms with Crippen LogP contribution in [0.25, 0.3) is 0 Å². The van der Waals surface area contributed by atoms with Crippen molar-refractivity contribution in [1.29, 1.82) is 0 Å². The molecule has 0 saturated heterocycles. The molecule has 0 radical (unpaired) electrons. The summed E-state index contributed by atoms with van der Waals surface area (Å²) in [4.78, 5) is 10.8. The molecule has 0 atom stereocenters. The van der Waals surface area contributed by atoms with E-state index in [0.717, 1.165) is 0 Å². The van der Waals surface area contributed by atoms with E-state index in [4.69, 9.17) is 4.74 Å². The van der Waals surface area contributed by atoms with Gasteiger partial charge in [0.05, 0.1) is 7.11 Å². The molecule has 0 aromatic carbocycles. The van der Waals surface area contributed by atoms with Crippen LogP contribution in [0.1, 0.15) is 13.8 Å². The van der Waals surface area contributed by atoms with Crippen molar-refractivity contribution >= 4 is 5.78 Å². The van der Waals surface area contributed by atoms with E-state index in [9.17, 15) is 4.79 Å². The summed E-state index contributed by atoms with van der Waals surface area (Å²) in [6.45, 7) is 6.83. The molecule has 2 nitrogen and oxygen atoms in total. The summed E-state index contributed by atoms with van der Waals surface area (Å²) in [5.41, 5.74) is 0.700. The first-order valence-electron chi connectivity index (χ1n) is 3.67. The van der Waals surface area contributed by atoms with Crippen LogP contribution < -0.4 is 0 Å². The van der Waals surface area contributed by atoms with Crippen molar-refractivity contribution < 1.29 is 9.53 Å². The average molecular weight is 166 g/mol. The number of Topliss-reactive ketones (excluding diaryl/α,β-unsaturated/α-hetero) is 1. The molecule has 66 valence electrons. The van der Waals surface area contributed by atoms with Crippen molar-refractivity contribution in [3.05, 3.63) is 36.1 Å². The second-order valence-electron chi connectivity index (χ2n) is 2.38. The minimum atomic E-state index is 0.0609. The van der Waals surface area contributed by atoms with Gasteiger partial charge in [0, 0.05) is 0 Å². The molecule has 0 amide bonds. The Morgan fingerprint density at radius 3 is 2.25 bits per heavy atom. The number of carbonyl (C=O) groups is 1. The van der Waals surface area contributed by atoms with Gasteiger partial charge in [-0.05, 0) is 31.6 Å². The molecule has 0 bridgehead atoms. The molecule has 0 N–H and O–H groups in total. The van der Waals surface area contributed by atoms with Crippen molar-refractivity contribution in [2.45, 2.75) is 13.8 Å². The van der Waals surface area contributed by atoms with Crippen LogP contribution in [0.4, 0.5) is 0 Å². The third-order valence-electron chi connectivity index (χ3n) is 1.49. The van der Waals surface area contributed by atoms with Crippen LogP contribution in [0.15, 0.2) is 36.1 Å². The lowest BCUT2D eigenvalue weighted by molar-refractivity contribution is -0.113. The molecule has 0 rings (SSSR count). The van der Waals surface area contributed by atoms with E-state index in [2.05, 4.69) is 6.58 Å². The fourth-order valence-corrected chi connectivity index (χ4v) is 0.544. The third-order valence-corrected chi connectivity index (χ3v) is 1.49. The maximum absolute atomic E-state index is 10.8. The zero-order valence-corrected chi connectivity index (χ0v) is 7.76. The van der Waals surface area contributed by atoms with Gasteiger partial charge in [0.1, 0.15) is 5.76 Å². The molecule has 0 aromatic heterocycles. The number of carbonyl (C=O) groups excluding carboxylic acids is 1. The fourth-order valence-electron chi connectivity index (χ4n) is 0.544. The Kier molecular flexibility index (Phi) is 4.77. The number of ketones is 1. The standard InChI is InChI=1S/C10H14O2/c1-5-10(12-4)7-6-8(2)9(3)11/h5-7H,1H2,2-4H3. The van der Waals surface area contributed by atoms with Gasteiger partial charge in [-0.2, -0.15) is 0 Å². The van der Waals surface area contributed by atoms with E-state index in [1.807, 2.05) is 0 Å². The molecule has 0 aliphatic rings. The first-order valence-corrected chi connectivity index (χ1v) is 3.67. The highest BCUT2D eigenvalue weighted by Crippen LogP contribution is 2.00. The van der Waals surface area contributed by atoms with Gasteiger partial charge in [-0.15, -0.1) is 0 Å². The largest absolute Gasteiger partial charge is 0.497 e. The maximum Gasteiger partial charge on any atom is 0.155 e. The second-order valence-corrected chi connectivity index (χ2v) is 2.38. The fraction of sp³-hybridized carbons (Fsp3) is 0.300. The zero-order chi connectivity index (χ0) is 9.56. The van der Waals surface area contributed by atoms with Gasteiger partial charge in [0.2, 0.25) is 0 Å². The Morgan fingerprint density at radius 2 is 1.92 bits per heavy atom. The van der Waals surface area contributed by atoms with Gasteiger partial charge >= 0.3 is 0 Å².